The fourth-order valence-corrected chi connectivity index (χ4v) is 2.78. The lowest BCUT2D eigenvalue weighted by molar-refractivity contribution is 0.0660. The highest BCUT2D eigenvalue weighted by atomic mass is 16.4. The molecule has 0 saturated heterocycles. The molecule has 2 aromatic heterocycles. The average molecular weight is 318 g/mol. The monoisotopic (exact) mass is 318 g/mol. The molecular weight excluding hydrogens is 304 g/mol. The number of rotatable bonds is 4. The highest BCUT2D eigenvalue weighted by Gasteiger charge is 2.15. The second-order valence-corrected chi connectivity index (χ2v) is 5.45. The predicted octanol–water partition coefficient (Wildman–Crippen LogP) is 4.04. The van der Waals surface area contributed by atoms with Gasteiger partial charge >= 0.3 is 5.97 Å². The second-order valence-electron chi connectivity index (χ2n) is 5.45. The van der Waals surface area contributed by atoms with Crippen molar-refractivity contribution in [2.45, 2.75) is 6.54 Å². The van der Waals surface area contributed by atoms with E-state index >= 15 is 0 Å². The number of benzene rings is 2. The maximum absolute atomic E-state index is 11.0. The highest BCUT2D eigenvalue weighted by molar-refractivity contribution is 5.84. The second kappa shape index (κ2) is 5.70. The van der Waals surface area contributed by atoms with Gasteiger partial charge in [-0.25, -0.2) is 9.78 Å². The molecule has 0 aliphatic heterocycles. The summed E-state index contributed by atoms with van der Waals surface area (Å²) in [6.45, 7) is 0.415. The third-order valence-electron chi connectivity index (χ3n) is 3.87. The summed E-state index contributed by atoms with van der Waals surface area (Å²) < 4.78 is 7.45. The first kappa shape index (κ1) is 14.3. The van der Waals surface area contributed by atoms with E-state index in [0.717, 1.165) is 22.4 Å². The Hall–Kier alpha value is -3.34. The van der Waals surface area contributed by atoms with Crippen LogP contribution in [0.25, 0.3) is 22.4 Å². The number of aromatic carboxylic acids is 1. The molecular formula is C19H14N2O3. The van der Waals surface area contributed by atoms with Gasteiger partial charge in [-0.2, -0.15) is 0 Å². The normalized spacial score (nSPS) is 11.0. The summed E-state index contributed by atoms with van der Waals surface area (Å²) in [4.78, 5) is 15.7. The molecule has 4 rings (SSSR count). The molecule has 4 aromatic rings. The quantitative estimate of drug-likeness (QED) is 0.616. The number of para-hydroxylation sites is 2. The number of fused-ring (bicyclic) bond motifs is 1. The maximum Gasteiger partial charge on any atom is 0.371 e. The van der Waals surface area contributed by atoms with Gasteiger partial charge in [-0.1, -0.05) is 42.5 Å². The van der Waals surface area contributed by atoms with E-state index in [1.165, 1.54) is 6.07 Å². The zero-order valence-corrected chi connectivity index (χ0v) is 12.7. The lowest BCUT2D eigenvalue weighted by atomic mass is 10.2. The van der Waals surface area contributed by atoms with Crippen LogP contribution < -0.4 is 0 Å². The number of aromatic nitrogens is 2. The minimum atomic E-state index is -1.07. The summed E-state index contributed by atoms with van der Waals surface area (Å²) in [6.07, 6.45) is 0. The molecule has 0 radical (unpaired) electrons. The standard InChI is InChI=1S/C19H14N2O3/c22-19(23)17-11-10-14(24-17)12-21-16-9-5-4-8-15(16)20-18(21)13-6-2-1-3-7-13/h1-11H,12H2,(H,22,23). The molecule has 0 bridgehead atoms. The molecule has 5 heteroatoms. The molecule has 2 aromatic carbocycles. The molecule has 24 heavy (non-hydrogen) atoms. The Bertz CT molecular complexity index is 1020. The number of carboxylic acid groups (broad SMARTS) is 1. The first-order valence-electron chi connectivity index (χ1n) is 7.55. The van der Waals surface area contributed by atoms with Gasteiger partial charge in [0.05, 0.1) is 17.6 Å². The van der Waals surface area contributed by atoms with Crippen molar-refractivity contribution in [1.82, 2.24) is 9.55 Å². The van der Waals surface area contributed by atoms with E-state index in [9.17, 15) is 4.79 Å². The highest BCUT2D eigenvalue weighted by Crippen LogP contribution is 2.26. The summed E-state index contributed by atoms with van der Waals surface area (Å²) in [5, 5.41) is 9.02. The van der Waals surface area contributed by atoms with Gasteiger partial charge < -0.3 is 14.1 Å². The van der Waals surface area contributed by atoms with E-state index in [4.69, 9.17) is 14.5 Å². The van der Waals surface area contributed by atoms with Crippen LogP contribution in [0.1, 0.15) is 16.3 Å². The van der Waals surface area contributed by atoms with Crippen molar-refractivity contribution in [1.29, 1.82) is 0 Å². The molecule has 0 saturated carbocycles. The molecule has 0 spiro atoms. The van der Waals surface area contributed by atoms with Crippen molar-refractivity contribution >= 4 is 17.0 Å². The van der Waals surface area contributed by atoms with Crippen molar-refractivity contribution in [3.8, 4) is 11.4 Å². The van der Waals surface area contributed by atoms with Crippen molar-refractivity contribution in [3.63, 3.8) is 0 Å². The van der Waals surface area contributed by atoms with E-state index < -0.39 is 5.97 Å². The van der Waals surface area contributed by atoms with Crippen LogP contribution in [0.5, 0.6) is 0 Å². The number of hydrogen-bond acceptors (Lipinski definition) is 3. The molecule has 2 heterocycles. The summed E-state index contributed by atoms with van der Waals surface area (Å²) in [6, 6.07) is 20.9. The molecule has 0 unspecified atom stereocenters. The summed E-state index contributed by atoms with van der Waals surface area (Å²) in [5.41, 5.74) is 2.87. The van der Waals surface area contributed by atoms with Gasteiger partial charge in [-0.15, -0.1) is 0 Å². The van der Waals surface area contributed by atoms with E-state index in [2.05, 4.69) is 0 Å². The van der Waals surface area contributed by atoms with Crippen LogP contribution in [0.3, 0.4) is 0 Å². The van der Waals surface area contributed by atoms with Gasteiger partial charge in [0, 0.05) is 5.56 Å². The molecule has 118 valence electrons. The Labute approximate surface area is 137 Å². The molecule has 5 nitrogen and oxygen atoms in total. The third kappa shape index (κ3) is 2.46. The Kier molecular flexibility index (Phi) is 3.39. The molecule has 1 N–H and O–H groups in total. The average Bonchev–Trinajstić information content (AvgIpc) is 3.22. The Morgan fingerprint density at radius 3 is 2.50 bits per heavy atom. The molecule has 0 aliphatic carbocycles. The Morgan fingerprint density at radius 2 is 1.75 bits per heavy atom. The van der Waals surface area contributed by atoms with Crippen molar-refractivity contribution in [3.05, 3.63) is 78.3 Å². The van der Waals surface area contributed by atoms with Crippen LogP contribution in [0.4, 0.5) is 0 Å². The lowest BCUT2D eigenvalue weighted by Gasteiger charge is -2.07. The minimum absolute atomic E-state index is 0.0596. The van der Waals surface area contributed by atoms with Crippen LogP contribution >= 0.6 is 0 Å². The van der Waals surface area contributed by atoms with Crippen LogP contribution in [0.2, 0.25) is 0 Å². The zero-order chi connectivity index (χ0) is 16.5. The van der Waals surface area contributed by atoms with Gasteiger partial charge in [-0.05, 0) is 24.3 Å². The van der Waals surface area contributed by atoms with Gasteiger partial charge in [-0.3, -0.25) is 0 Å². The fraction of sp³-hybridized carbons (Fsp3) is 0.0526. The van der Waals surface area contributed by atoms with Gasteiger partial charge in [0.2, 0.25) is 5.76 Å². The largest absolute Gasteiger partial charge is 0.475 e. The molecule has 0 atom stereocenters. The van der Waals surface area contributed by atoms with E-state index in [-0.39, 0.29) is 5.76 Å². The zero-order valence-electron chi connectivity index (χ0n) is 12.7. The third-order valence-corrected chi connectivity index (χ3v) is 3.87. The summed E-state index contributed by atoms with van der Waals surface area (Å²) in [5.74, 6) is 0.272. The SMILES string of the molecule is O=C(O)c1ccc(Cn2c(-c3ccccc3)nc3ccccc32)o1. The number of furan rings is 1. The van der Waals surface area contributed by atoms with Crippen LogP contribution in [-0.4, -0.2) is 20.6 Å². The van der Waals surface area contributed by atoms with Gasteiger partial charge in [0.15, 0.2) is 0 Å². The van der Waals surface area contributed by atoms with Crippen LogP contribution in [-0.2, 0) is 6.54 Å². The van der Waals surface area contributed by atoms with E-state index in [1.54, 1.807) is 6.07 Å². The summed E-state index contributed by atoms with van der Waals surface area (Å²) >= 11 is 0. The van der Waals surface area contributed by atoms with Crippen LogP contribution in [0, 0.1) is 0 Å². The molecule has 0 amide bonds. The van der Waals surface area contributed by atoms with E-state index in [1.807, 2.05) is 59.2 Å². The lowest BCUT2D eigenvalue weighted by Crippen LogP contribution is -2.01. The van der Waals surface area contributed by atoms with Crippen molar-refractivity contribution < 1.29 is 14.3 Å². The Morgan fingerprint density at radius 1 is 1.00 bits per heavy atom. The number of carboxylic acids is 1. The number of imidazole rings is 1. The maximum atomic E-state index is 11.0. The number of hydrogen-bond donors (Lipinski definition) is 1. The van der Waals surface area contributed by atoms with Gasteiger partial charge in [0.1, 0.15) is 11.6 Å². The molecule has 0 fully saturated rings. The first-order chi connectivity index (χ1) is 11.7. The van der Waals surface area contributed by atoms with Crippen LogP contribution in [0.15, 0.2) is 71.1 Å². The number of carbonyl (C=O) groups is 1. The predicted molar refractivity (Wildman–Crippen MR) is 89.9 cm³/mol. The van der Waals surface area contributed by atoms with Crippen molar-refractivity contribution in [2.24, 2.45) is 0 Å². The smallest absolute Gasteiger partial charge is 0.371 e. The van der Waals surface area contributed by atoms with E-state index in [0.29, 0.717) is 12.3 Å². The Balaban J connectivity index is 1.84. The molecule has 0 aliphatic rings. The first-order valence-corrected chi connectivity index (χ1v) is 7.55. The minimum Gasteiger partial charge on any atom is -0.475 e. The van der Waals surface area contributed by atoms with Gasteiger partial charge in [0.25, 0.3) is 0 Å². The topological polar surface area (TPSA) is 68.3 Å². The number of nitrogens with zero attached hydrogens (tertiary/aromatic N) is 2. The summed E-state index contributed by atoms with van der Waals surface area (Å²) in [7, 11) is 0. The fourth-order valence-electron chi connectivity index (χ4n) is 2.78. The van der Waals surface area contributed by atoms with Crippen molar-refractivity contribution in [2.75, 3.05) is 0 Å².